The molecule has 1 atom stereocenters. The van der Waals surface area contributed by atoms with E-state index in [4.69, 9.17) is 5.26 Å². The van der Waals surface area contributed by atoms with Crippen LogP contribution < -0.4 is 17.0 Å². The molecule has 5 heteroatoms. The van der Waals surface area contributed by atoms with Crippen molar-refractivity contribution in [3.63, 3.8) is 0 Å². The lowest BCUT2D eigenvalue weighted by atomic mass is 10.2. The fourth-order valence-corrected chi connectivity index (χ4v) is 3.11. The van der Waals surface area contributed by atoms with Gasteiger partial charge in [-0.1, -0.05) is 0 Å². The molecule has 0 aromatic heterocycles. The third-order valence-electron chi connectivity index (χ3n) is 3.70. The number of rotatable bonds is 1. The van der Waals surface area contributed by atoms with Crippen LogP contribution in [-0.4, -0.2) is 59.1 Å². The Hall–Kier alpha value is -0.760. The summed E-state index contributed by atoms with van der Waals surface area (Å²) in [4.78, 5) is 4.97. The van der Waals surface area contributed by atoms with Crippen LogP contribution in [0.5, 0.6) is 0 Å². The van der Waals surface area contributed by atoms with Crippen LogP contribution in [0.2, 0.25) is 0 Å². The Morgan fingerprint density at radius 2 is 2.12 bits per heavy atom. The van der Waals surface area contributed by atoms with Gasteiger partial charge in [-0.25, -0.2) is 0 Å². The van der Waals surface area contributed by atoms with Gasteiger partial charge in [-0.15, -0.1) is 0 Å². The summed E-state index contributed by atoms with van der Waals surface area (Å²) in [5, 5.41) is 8.84. The van der Waals surface area contributed by atoms with Gasteiger partial charge in [0.1, 0.15) is 12.6 Å². The molecule has 0 spiro atoms. The number of halogens is 1. The van der Waals surface area contributed by atoms with Crippen molar-refractivity contribution in [1.29, 1.82) is 5.26 Å². The number of hydrogen-bond donors (Lipinski definition) is 0. The predicted molar refractivity (Wildman–Crippen MR) is 56.5 cm³/mol. The molecule has 4 nitrogen and oxygen atoms in total. The lowest BCUT2D eigenvalue weighted by Gasteiger charge is -2.33. The van der Waals surface area contributed by atoms with E-state index in [9.17, 15) is 0 Å². The number of guanidine groups is 1. The van der Waals surface area contributed by atoms with Crippen molar-refractivity contribution in [3.8, 4) is 6.07 Å². The Kier molecular flexibility index (Phi) is 3.38. The molecule has 0 aromatic carbocycles. The molecule has 1 fully saturated rings. The monoisotopic (exact) mass is 284 g/mol. The average molecular weight is 285 g/mol. The second-order valence-electron chi connectivity index (χ2n) is 4.65. The maximum Gasteiger partial charge on any atom is 0.350 e. The molecule has 3 aliphatic rings. The fourth-order valence-electron chi connectivity index (χ4n) is 3.11. The standard InChI is InChI=1S/C11H17N4.BrH/c12-4-3-10-9-14-7-1-5-13-6-2-8-15(10)11(13)14;/h10H,1-3,5-9H2;1H/q+1;/p-1. The summed E-state index contributed by atoms with van der Waals surface area (Å²) < 4.78 is 2.48. The van der Waals surface area contributed by atoms with Gasteiger partial charge in [-0.05, 0) is 0 Å². The van der Waals surface area contributed by atoms with Gasteiger partial charge in [0.05, 0.1) is 38.7 Å². The first-order valence-electron chi connectivity index (χ1n) is 5.90. The van der Waals surface area contributed by atoms with Crippen LogP contribution >= 0.6 is 0 Å². The summed E-state index contributed by atoms with van der Waals surface area (Å²) >= 11 is 0. The van der Waals surface area contributed by atoms with E-state index in [1.54, 1.807) is 0 Å². The maximum absolute atomic E-state index is 8.84. The summed E-state index contributed by atoms with van der Waals surface area (Å²) in [7, 11) is 0. The Labute approximate surface area is 107 Å². The topological polar surface area (TPSA) is 33.3 Å². The third-order valence-corrected chi connectivity index (χ3v) is 3.70. The molecule has 0 radical (unpaired) electrons. The smallest absolute Gasteiger partial charge is 0.350 e. The highest BCUT2D eigenvalue weighted by molar-refractivity contribution is 5.78. The van der Waals surface area contributed by atoms with Gasteiger partial charge in [-0.3, -0.25) is 14.4 Å². The first kappa shape index (κ1) is 11.7. The first-order valence-corrected chi connectivity index (χ1v) is 5.90. The summed E-state index contributed by atoms with van der Waals surface area (Å²) in [6.07, 6.45) is 3.20. The van der Waals surface area contributed by atoms with E-state index < -0.39 is 0 Å². The zero-order valence-electron chi connectivity index (χ0n) is 9.40. The highest BCUT2D eigenvalue weighted by atomic mass is 79.9. The van der Waals surface area contributed by atoms with Crippen LogP contribution in [0.25, 0.3) is 0 Å². The van der Waals surface area contributed by atoms with E-state index in [0.29, 0.717) is 12.5 Å². The summed E-state index contributed by atoms with van der Waals surface area (Å²) in [5.74, 6) is 1.42. The zero-order chi connectivity index (χ0) is 10.3. The largest absolute Gasteiger partial charge is 1.00 e. The van der Waals surface area contributed by atoms with E-state index in [0.717, 1.165) is 13.1 Å². The second kappa shape index (κ2) is 4.62. The molecule has 1 saturated heterocycles. The lowest BCUT2D eigenvalue weighted by molar-refractivity contribution is -0.531. The summed E-state index contributed by atoms with van der Waals surface area (Å²) in [6.45, 7) is 5.82. The van der Waals surface area contributed by atoms with Crippen molar-refractivity contribution < 1.29 is 21.6 Å². The number of nitrogens with zero attached hydrogens (tertiary/aromatic N) is 4. The Balaban J connectivity index is 0.000000963. The van der Waals surface area contributed by atoms with Crippen molar-refractivity contribution in [2.75, 3.05) is 32.7 Å². The highest BCUT2D eigenvalue weighted by Gasteiger charge is 2.45. The van der Waals surface area contributed by atoms with E-state index in [1.165, 1.54) is 38.4 Å². The lowest BCUT2D eigenvalue weighted by Crippen LogP contribution is -3.00. The van der Waals surface area contributed by atoms with Crippen LogP contribution in [0.1, 0.15) is 19.3 Å². The van der Waals surface area contributed by atoms with Crippen molar-refractivity contribution >= 4 is 5.96 Å². The average Bonchev–Trinajstić information content (AvgIpc) is 2.61. The molecule has 0 N–H and O–H groups in total. The van der Waals surface area contributed by atoms with E-state index in [1.807, 2.05) is 0 Å². The highest BCUT2D eigenvalue weighted by Crippen LogP contribution is 2.23. The third kappa shape index (κ3) is 1.69. The second-order valence-corrected chi connectivity index (χ2v) is 4.65. The molecule has 88 valence electrons. The Morgan fingerprint density at radius 3 is 2.94 bits per heavy atom. The first-order chi connectivity index (χ1) is 7.40. The minimum Gasteiger partial charge on any atom is -1.00 e. The fraction of sp³-hybridized carbons (Fsp3) is 0.818. The molecule has 3 rings (SSSR count). The Bertz CT molecular complexity index is 346. The molecule has 0 aliphatic carbocycles. The molecular formula is C11H17BrN4. The molecule has 3 heterocycles. The normalized spacial score (nSPS) is 27.3. The van der Waals surface area contributed by atoms with Gasteiger partial charge < -0.3 is 17.0 Å². The maximum atomic E-state index is 8.84. The molecule has 1 unspecified atom stereocenters. The quantitative estimate of drug-likeness (QED) is 0.484. The number of nitriles is 1. The van der Waals surface area contributed by atoms with E-state index >= 15 is 0 Å². The Morgan fingerprint density at radius 1 is 1.31 bits per heavy atom. The molecule has 0 saturated carbocycles. The van der Waals surface area contributed by atoms with Gasteiger partial charge in [0.2, 0.25) is 0 Å². The van der Waals surface area contributed by atoms with Crippen LogP contribution in [-0.2, 0) is 0 Å². The van der Waals surface area contributed by atoms with Gasteiger partial charge >= 0.3 is 5.96 Å². The molecule has 3 aliphatic heterocycles. The molecule has 0 bridgehead atoms. The van der Waals surface area contributed by atoms with Gasteiger partial charge in [-0.2, -0.15) is 5.26 Å². The zero-order valence-corrected chi connectivity index (χ0v) is 11.0. The van der Waals surface area contributed by atoms with Crippen molar-refractivity contribution in [3.05, 3.63) is 0 Å². The van der Waals surface area contributed by atoms with Crippen molar-refractivity contribution in [2.24, 2.45) is 0 Å². The SMILES string of the molecule is N#CCC1C[N+]2=C3N(CCCN31)CCC2.[Br-]. The van der Waals surface area contributed by atoms with Gasteiger partial charge in [0.25, 0.3) is 0 Å². The van der Waals surface area contributed by atoms with Gasteiger partial charge in [0.15, 0.2) is 0 Å². The van der Waals surface area contributed by atoms with Crippen LogP contribution in [0, 0.1) is 11.3 Å². The van der Waals surface area contributed by atoms with Crippen LogP contribution in [0.4, 0.5) is 0 Å². The van der Waals surface area contributed by atoms with E-state index in [2.05, 4.69) is 20.4 Å². The van der Waals surface area contributed by atoms with Crippen molar-refractivity contribution in [1.82, 2.24) is 9.80 Å². The predicted octanol–water partition coefficient (Wildman–Crippen LogP) is -2.93. The molecule has 0 amide bonds. The molecule has 16 heavy (non-hydrogen) atoms. The van der Waals surface area contributed by atoms with Crippen molar-refractivity contribution in [2.45, 2.75) is 25.3 Å². The van der Waals surface area contributed by atoms with Crippen LogP contribution in [0.15, 0.2) is 0 Å². The minimum absolute atomic E-state index is 0. The summed E-state index contributed by atoms with van der Waals surface area (Å²) in [6, 6.07) is 2.77. The number of hydrogen-bond acceptors (Lipinski definition) is 3. The molecular weight excluding hydrogens is 268 g/mol. The van der Waals surface area contributed by atoms with E-state index in [-0.39, 0.29) is 17.0 Å². The van der Waals surface area contributed by atoms with Gasteiger partial charge in [0, 0.05) is 12.8 Å². The summed E-state index contributed by atoms with van der Waals surface area (Å²) in [5.41, 5.74) is 0. The van der Waals surface area contributed by atoms with Crippen LogP contribution in [0.3, 0.4) is 0 Å². The molecule has 0 aromatic rings. The minimum atomic E-state index is 0.